The van der Waals surface area contributed by atoms with Crippen molar-refractivity contribution in [1.29, 1.82) is 0 Å². The number of primary amides is 1. The normalized spacial score (nSPS) is 11.4. The molecule has 21 heavy (non-hydrogen) atoms. The van der Waals surface area contributed by atoms with Gasteiger partial charge in [0.2, 0.25) is 5.91 Å². The third-order valence-electron chi connectivity index (χ3n) is 2.62. The van der Waals surface area contributed by atoms with Gasteiger partial charge in [0, 0.05) is 24.1 Å². The van der Waals surface area contributed by atoms with Gasteiger partial charge in [-0.3, -0.25) is 19.7 Å². The quantitative estimate of drug-likeness (QED) is 0.477. The van der Waals surface area contributed by atoms with E-state index in [4.69, 9.17) is 10.8 Å². The van der Waals surface area contributed by atoms with E-state index in [0.717, 1.165) is 12.1 Å². The lowest BCUT2D eigenvalue weighted by Crippen LogP contribution is -2.41. The van der Waals surface area contributed by atoms with Crippen LogP contribution >= 0.6 is 0 Å². The average Bonchev–Trinajstić information content (AvgIpc) is 2.42. The van der Waals surface area contributed by atoms with Gasteiger partial charge in [-0.1, -0.05) is 0 Å². The number of nitro benzene ring substituents is 1. The fourth-order valence-electron chi connectivity index (χ4n) is 1.52. The Morgan fingerprint density at radius 2 is 1.86 bits per heavy atom. The number of nitro groups is 1. The minimum absolute atomic E-state index is 0.0749. The molecule has 9 heteroatoms. The second kappa shape index (κ2) is 6.98. The molecule has 1 rings (SSSR count). The fraction of sp³-hybridized carbons (Fsp3) is 0.250. The van der Waals surface area contributed by atoms with E-state index >= 15 is 0 Å². The molecule has 0 unspecified atom stereocenters. The summed E-state index contributed by atoms with van der Waals surface area (Å²) in [4.78, 5) is 43.3. The van der Waals surface area contributed by atoms with Gasteiger partial charge in [0.1, 0.15) is 6.04 Å². The van der Waals surface area contributed by atoms with Crippen LogP contribution in [0.4, 0.5) is 5.69 Å². The van der Waals surface area contributed by atoms with Gasteiger partial charge in [0.15, 0.2) is 0 Å². The van der Waals surface area contributed by atoms with E-state index in [-0.39, 0.29) is 24.1 Å². The van der Waals surface area contributed by atoms with Gasteiger partial charge < -0.3 is 16.2 Å². The van der Waals surface area contributed by atoms with Crippen molar-refractivity contribution in [2.75, 3.05) is 0 Å². The fourth-order valence-corrected chi connectivity index (χ4v) is 1.52. The Labute approximate surface area is 118 Å². The van der Waals surface area contributed by atoms with E-state index in [2.05, 4.69) is 5.32 Å². The van der Waals surface area contributed by atoms with Gasteiger partial charge in [-0.25, -0.2) is 4.79 Å². The third-order valence-corrected chi connectivity index (χ3v) is 2.62. The molecule has 0 aliphatic heterocycles. The number of nitrogens with one attached hydrogen (secondary N) is 1. The van der Waals surface area contributed by atoms with Gasteiger partial charge in [0.25, 0.3) is 11.6 Å². The molecule has 0 aliphatic rings. The summed E-state index contributed by atoms with van der Waals surface area (Å²) in [6.07, 6.45) is -0.319. The molecule has 0 bridgehead atoms. The highest BCUT2D eigenvalue weighted by atomic mass is 16.6. The van der Waals surface area contributed by atoms with Crippen LogP contribution in [0.2, 0.25) is 0 Å². The molecule has 1 aromatic rings. The van der Waals surface area contributed by atoms with Crippen LogP contribution in [0.15, 0.2) is 24.3 Å². The molecule has 1 atom stereocenters. The van der Waals surface area contributed by atoms with E-state index in [1.54, 1.807) is 0 Å². The van der Waals surface area contributed by atoms with Crippen LogP contribution in [0, 0.1) is 10.1 Å². The first-order chi connectivity index (χ1) is 9.81. The topological polar surface area (TPSA) is 153 Å². The van der Waals surface area contributed by atoms with Crippen LogP contribution in [0.1, 0.15) is 23.2 Å². The number of aliphatic carboxylic acids is 1. The van der Waals surface area contributed by atoms with Crippen LogP contribution in [-0.2, 0) is 9.59 Å². The number of nitrogens with zero attached hydrogens (tertiary/aromatic N) is 1. The van der Waals surface area contributed by atoms with Crippen molar-refractivity contribution in [2.24, 2.45) is 5.73 Å². The number of hydrogen-bond donors (Lipinski definition) is 3. The minimum atomic E-state index is -1.30. The monoisotopic (exact) mass is 295 g/mol. The number of carboxylic acid groups (broad SMARTS) is 1. The highest BCUT2D eigenvalue weighted by molar-refractivity contribution is 5.96. The second-order valence-electron chi connectivity index (χ2n) is 4.17. The molecule has 0 radical (unpaired) electrons. The van der Waals surface area contributed by atoms with Crippen LogP contribution < -0.4 is 11.1 Å². The maximum atomic E-state index is 11.8. The van der Waals surface area contributed by atoms with Crippen LogP contribution in [0.5, 0.6) is 0 Å². The number of non-ortho nitro benzene ring substituents is 1. The number of benzene rings is 1. The van der Waals surface area contributed by atoms with Gasteiger partial charge >= 0.3 is 5.97 Å². The maximum absolute atomic E-state index is 11.8. The van der Waals surface area contributed by atoms with E-state index in [0.29, 0.717) is 0 Å². The standard InChI is InChI=1S/C12H13N3O6/c13-10(16)6-5-9(12(18)19)14-11(17)7-1-3-8(4-2-7)15(20)21/h1-4,9H,5-6H2,(H2,13,16)(H,14,17)(H,18,19)/t9-/m1/s1. The summed E-state index contributed by atoms with van der Waals surface area (Å²) in [7, 11) is 0. The lowest BCUT2D eigenvalue weighted by atomic mass is 10.1. The van der Waals surface area contributed by atoms with Crippen LogP contribution in [0.3, 0.4) is 0 Å². The van der Waals surface area contributed by atoms with Crippen LogP contribution in [-0.4, -0.2) is 33.9 Å². The van der Waals surface area contributed by atoms with Gasteiger partial charge in [0.05, 0.1) is 4.92 Å². The number of carbonyl (C=O) groups is 3. The van der Waals surface area contributed by atoms with Crippen LogP contribution in [0.25, 0.3) is 0 Å². The van der Waals surface area contributed by atoms with E-state index in [1.165, 1.54) is 12.1 Å². The Hall–Kier alpha value is -2.97. The Morgan fingerprint density at radius 1 is 1.29 bits per heavy atom. The molecule has 0 fully saturated rings. The molecule has 4 N–H and O–H groups in total. The number of nitrogens with two attached hydrogens (primary N) is 1. The zero-order chi connectivity index (χ0) is 16.0. The predicted molar refractivity (Wildman–Crippen MR) is 70.4 cm³/mol. The minimum Gasteiger partial charge on any atom is -0.480 e. The summed E-state index contributed by atoms with van der Waals surface area (Å²) < 4.78 is 0. The van der Waals surface area contributed by atoms with E-state index in [1.807, 2.05) is 0 Å². The smallest absolute Gasteiger partial charge is 0.326 e. The molecule has 0 aliphatic carbocycles. The molecular weight excluding hydrogens is 282 g/mol. The lowest BCUT2D eigenvalue weighted by Gasteiger charge is -2.13. The van der Waals surface area contributed by atoms with Crippen molar-refractivity contribution in [2.45, 2.75) is 18.9 Å². The molecule has 0 saturated heterocycles. The summed E-state index contributed by atoms with van der Waals surface area (Å²) in [5.41, 5.74) is 4.81. The number of hydrogen-bond acceptors (Lipinski definition) is 5. The molecule has 9 nitrogen and oxygen atoms in total. The Bertz CT molecular complexity index is 569. The zero-order valence-corrected chi connectivity index (χ0v) is 10.8. The first-order valence-corrected chi connectivity index (χ1v) is 5.87. The van der Waals surface area contributed by atoms with E-state index in [9.17, 15) is 24.5 Å². The Balaban J connectivity index is 2.74. The van der Waals surface area contributed by atoms with Crippen molar-refractivity contribution >= 4 is 23.5 Å². The Kier molecular flexibility index (Phi) is 5.35. The summed E-state index contributed by atoms with van der Waals surface area (Å²) in [5, 5.41) is 21.6. The number of rotatable bonds is 7. The summed E-state index contributed by atoms with van der Waals surface area (Å²) in [6.45, 7) is 0. The molecule has 2 amide bonds. The molecular formula is C12H13N3O6. The van der Waals surface area contributed by atoms with Crippen molar-refractivity contribution < 1.29 is 24.4 Å². The first kappa shape index (κ1) is 16.1. The van der Waals surface area contributed by atoms with Gasteiger partial charge in [-0.15, -0.1) is 0 Å². The third kappa shape index (κ3) is 4.90. The van der Waals surface area contributed by atoms with Gasteiger partial charge in [-0.05, 0) is 18.6 Å². The number of amides is 2. The van der Waals surface area contributed by atoms with Crippen molar-refractivity contribution in [3.05, 3.63) is 39.9 Å². The van der Waals surface area contributed by atoms with E-state index < -0.39 is 28.7 Å². The number of carbonyl (C=O) groups excluding carboxylic acids is 2. The highest BCUT2D eigenvalue weighted by Crippen LogP contribution is 2.12. The second-order valence-corrected chi connectivity index (χ2v) is 4.17. The summed E-state index contributed by atoms with van der Waals surface area (Å²) in [6, 6.07) is 3.42. The largest absolute Gasteiger partial charge is 0.480 e. The zero-order valence-electron chi connectivity index (χ0n) is 10.8. The lowest BCUT2D eigenvalue weighted by molar-refractivity contribution is -0.384. The molecule has 0 heterocycles. The van der Waals surface area contributed by atoms with Crippen molar-refractivity contribution in [3.63, 3.8) is 0 Å². The maximum Gasteiger partial charge on any atom is 0.326 e. The first-order valence-electron chi connectivity index (χ1n) is 5.87. The summed E-state index contributed by atoms with van der Waals surface area (Å²) >= 11 is 0. The highest BCUT2D eigenvalue weighted by Gasteiger charge is 2.21. The van der Waals surface area contributed by atoms with Crippen molar-refractivity contribution in [3.8, 4) is 0 Å². The molecule has 0 aromatic heterocycles. The molecule has 1 aromatic carbocycles. The molecule has 0 spiro atoms. The predicted octanol–water partition coefficient (Wildman–Crippen LogP) is 0.0433. The SMILES string of the molecule is NC(=O)CC[C@@H](NC(=O)c1ccc([N+](=O)[O-])cc1)C(=O)O. The Morgan fingerprint density at radius 3 is 2.29 bits per heavy atom. The van der Waals surface area contributed by atoms with Gasteiger partial charge in [-0.2, -0.15) is 0 Å². The number of carboxylic acids is 1. The average molecular weight is 295 g/mol. The summed E-state index contributed by atoms with van der Waals surface area (Å²) in [5.74, 6) is -2.68. The molecule has 112 valence electrons. The molecule has 0 saturated carbocycles. The van der Waals surface area contributed by atoms with Crippen molar-refractivity contribution in [1.82, 2.24) is 5.32 Å².